The van der Waals surface area contributed by atoms with Gasteiger partial charge in [-0.05, 0) is 24.9 Å². The number of carbonyl (C=O) groups is 2. The topological polar surface area (TPSA) is 118 Å². The number of carbonyl (C=O) groups excluding carboxylic acids is 1. The van der Waals surface area contributed by atoms with Crippen LogP contribution in [-0.4, -0.2) is 35.6 Å². The lowest BCUT2D eigenvalue weighted by atomic mass is 10.0. The second-order valence-electron chi connectivity index (χ2n) is 4.98. The maximum absolute atomic E-state index is 11.9. The lowest BCUT2D eigenvalue weighted by Crippen LogP contribution is -2.49. The summed E-state index contributed by atoms with van der Waals surface area (Å²) < 4.78 is 0. The number of nitrogens with two attached hydrogens (primary N) is 2. The highest BCUT2D eigenvalue weighted by Gasteiger charge is 2.23. The van der Waals surface area contributed by atoms with Gasteiger partial charge in [0.1, 0.15) is 6.04 Å². The summed E-state index contributed by atoms with van der Waals surface area (Å²) in [4.78, 5) is 23.2. The summed E-state index contributed by atoms with van der Waals surface area (Å²) in [5.41, 5.74) is 12.0. The number of rotatable bonds is 9. The largest absolute Gasteiger partial charge is 0.480 e. The number of hydrogen-bond donors (Lipinski definition) is 4. The number of carboxylic acids is 1. The Bertz CT molecular complexity index is 451. The molecule has 6 nitrogen and oxygen atoms in total. The second-order valence-corrected chi connectivity index (χ2v) is 4.98. The molecule has 0 aliphatic carbocycles. The van der Waals surface area contributed by atoms with Crippen molar-refractivity contribution in [3.8, 4) is 0 Å². The van der Waals surface area contributed by atoms with Gasteiger partial charge in [-0.15, -0.1) is 0 Å². The fourth-order valence-electron chi connectivity index (χ4n) is 1.97. The first-order valence-corrected chi connectivity index (χ1v) is 7.07. The molecule has 1 rings (SSSR count). The normalized spacial score (nSPS) is 13.4. The van der Waals surface area contributed by atoms with E-state index in [2.05, 4.69) is 5.32 Å². The Labute approximate surface area is 124 Å². The molecule has 116 valence electrons. The van der Waals surface area contributed by atoms with Crippen molar-refractivity contribution >= 4 is 11.9 Å². The molecule has 1 aromatic rings. The van der Waals surface area contributed by atoms with Crippen molar-refractivity contribution in [3.05, 3.63) is 35.9 Å². The number of amides is 1. The van der Waals surface area contributed by atoms with Crippen molar-refractivity contribution in [1.82, 2.24) is 5.32 Å². The molecule has 0 aromatic heterocycles. The van der Waals surface area contributed by atoms with Crippen LogP contribution in [0.25, 0.3) is 0 Å². The molecule has 0 aliphatic rings. The molecule has 0 bridgehead atoms. The summed E-state index contributed by atoms with van der Waals surface area (Å²) in [6.45, 7) is 0.556. The van der Waals surface area contributed by atoms with Crippen molar-refractivity contribution in [3.63, 3.8) is 0 Å². The molecule has 0 saturated heterocycles. The molecular formula is C15H23N3O3. The van der Waals surface area contributed by atoms with Crippen LogP contribution in [0.1, 0.15) is 24.8 Å². The molecule has 1 aromatic carbocycles. The van der Waals surface area contributed by atoms with E-state index in [9.17, 15) is 14.7 Å². The van der Waals surface area contributed by atoms with Gasteiger partial charge in [-0.2, -0.15) is 0 Å². The van der Waals surface area contributed by atoms with Crippen molar-refractivity contribution in [2.45, 2.75) is 37.8 Å². The molecule has 0 radical (unpaired) electrons. The predicted octanol–water partition coefficient (Wildman–Crippen LogP) is 0.255. The molecule has 1 amide bonds. The van der Waals surface area contributed by atoms with Gasteiger partial charge in [0.15, 0.2) is 0 Å². The molecule has 0 heterocycles. The Balaban J connectivity index is 2.54. The number of benzene rings is 1. The van der Waals surface area contributed by atoms with Gasteiger partial charge in [-0.1, -0.05) is 36.8 Å². The zero-order valence-electron chi connectivity index (χ0n) is 12.0. The Morgan fingerprint density at radius 1 is 1.19 bits per heavy atom. The van der Waals surface area contributed by atoms with E-state index in [0.717, 1.165) is 18.4 Å². The Morgan fingerprint density at radius 3 is 2.43 bits per heavy atom. The Hall–Kier alpha value is -1.92. The first-order valence-electron chi connectivity index (χ1n) is 7.07. The second kappa shape index (κ2) is 9.10. The summed E-state index contributed by atoms with van der Waals surface area (Å²) in [6, 6.07) is 7.48. The molecule has 6 N–H and O–H groups in total. The maximum atomic E-state index is 11.9. The van der Waals surface area contributed by atoms with E-state index in [-0.39, 0.29) is 6.42 Å². The van der Waals surface area contributed by atoms with Crippen molar-refractivity contribution in [2.75, 3.05) is 6.54 Å². The summed E-state index contributed by atoms with van der Waals surface area (Å²) >= 11 is 0. The molecular weight excluding hydrogens is 270 g/mol. The van der Waals surface area contributed by atoms with Crippen LogP contribution in [0.4, 0.5) is 0 Å². The predicted molar refractivity (Wildman–Crippen MR) is 80.6 cm³/mol. The molecule has 6 heteroatoms. The van der Waals surface area contributed by atoms with Gasteiger partial charge >= 0.3 is 5.97 Å². The third kappa shape index (κ3) is 6.37. The fourth-order valence-corrected chi connectivity index (χ4v) is 1.97. The average Bonchev–Trinajstić information content (AvgIpc) is 2.47. The highest BCUT2D eigenvalue weighted by molar-refractivity contribution is 5.86. The fraction of sp³-hybridized carbons (Fsp3) is 0.467. The van der Waals surface area contributed by atoms with Crippen LogP contribution in [0.2, 0.25) is 0 Å². The summed E-state index contributed by atoms with van der Waals surface area (Å²) in [5, 5.41) is 11.7. The van der Waals surface area contributed by atoms with Crippen LogP contribution >= 0.6 is 0 Å². The van der Waals surface area contributed by atoms with E-state index in [1.54, 1.807) is 0 Å². The third-order valence-corrected chi connectivity index (χ3v) is 3.20. The molecule has 21 heavy (non-hydrogen) atoms. The van der Waals surface area contributed by atoms with E-state index >= 15 is 0 Å². The third-order valence-electron chi connectivity index (χ3n) is 3.20. The summed E-state index contributed by atoms with van der Waals surface area (Å²) in [7, 11) is 0. The van der Waals surface area contributed by atoms with Gasteiger partial charge in [-0.25, -0.2) is 4.79 Å². The minimum absolute atomic E-state index is 0.234. The monoisotopic (exact) mass is 293 g/mol. The summed E-state index contributed by atoms with van der Waals surface area (Å²) in [6.07, 6.45) is 2.28. The van der Waals surface area contributed by atoms with Crippen molar-refractivity contribution in [2.24, 2.45) is 11.5 Å². The molecule has 0 spiro atoms. The quantitative estimate of drug-likeness (QED) is 0.487. The van der Waals surface area contributed by atoms with Crippen LogP contribution in [0, 0.1) is 0 Å². The van der Waals surface area contributed by atoms with E-state index in [1.807, 2.05) is 30.3 Å². The molecule has 2 atom stereocenters. The lowest BCUT2D eigenvalue weighted by Gasteiger charge is -2.18. The molecule has 0 unspecified atom stereocenters. The van der Waals surface area contributed by atoms with Crippen molar-refractivity contribution in [1.29, 1.82) is 0 Å². The van der Waals surface area contributed by atoms with E-state index in [1.165, 1.54) is 0 Å². The number of unbranched alkanes of at least 4 members (excludes halogenated alkanes) is 1. The molecule has 0 fully saturated rings. The van der Waals surface area contributed by atoms with Gasteiger partial charge in [0, 0.05) is 6.42 Å². The van der Waals surface area contributed by atoms with Crippen LogP contribution in [0.3, 0.4) is 0 Å². The minimum Gasteiger partial charge on any atom is -0.480 e. The highest BCUT2D eigenvalue weighted by Crippen LogP contribution is 2.05. The SMILES string of the molecule is NCCCC[C@@H](N)C(=O)N[C@@H](Cc1ccccc1)C(=O)O. The van der Waals surface area contributed by atoms with Gasteiger partial charge in [0.05, 0.1) is 6.04 Å². The average molecular weight is 293 g/mol. The van der Waals surface area contributed by atoms with Crippen LogP contribution in [-0.2, 0) is 16.0 Å². The standard InChI is InChI=1S/C15H23N3O3/c16-9-5-4-8-12(17)14(19)18-13(15(20)21)10-11-6-2-1-3-7-11/h1-3,6-7,12-13H,4-5,8-10,16-17H2,(H,18,19)(H,20,21)/t12-,13+/m1/s1. The molecule has 0 aliphatic heterocycles. The van der Waals surface area contributed by atoms with Gasteiger partial charge in [0.25, 0.3) is 0 Å². The van der Waals surface area contributed by atoms with Crippen LogP contribution < -0.4 is 16.8 Å². The number of nitrogens with one attached hydrogen (secondary N) is 1. The van der Waals surface area contributed by atoms with E-state index in [0.29, 0.717) is 13.0 Å². The van der Waals surface area contributed by atoms with E-state index in [4.69, 9.17) is 11.5 Å². The highest BCUT2D eigenvalue weighted by atomic mass is 16.4. The molecule has 0 saturated carbocycles. The zero-order valence-corrected chi connectivity index (χ0v) is 12.0. The summed E-state index contributed by atoms with van der Waals surface area (Å²) in [5.74, 6) is -1.50. The lowest BCUT2D eigenvalue weighted by molar-refractivity contribution is -0.142. The zero-order chi connectivity index (χ0) is 15.7. The van der Waals surface area contributed by atoms with Crippen molar-refractivity contribution < 1.29 is 14.7 Å². The first kappa shape index (κ1) is 17.1. The maximum Gasteiger partial charge on any atom is 0.326 e. The Morgan fingerprint density at radius 2 is 1.86 bits per heavy atom. The van der Waals surface area contributed by atoms with Gasteiger partial charge in [-0.3, -0.25) is 4.79 Å². The Kier molecular flexibility index (Phi) is 7.42. The number of aliphatic carboxylic acids is 1. The van der Waals surface area contributed by atoms with E-state index < -0.39 is 24.0 Å². The first-order chi connectivity index (χ1) is 10.0. The van der Waals surface area contributed by atoms with Gasteiger partial charge < -0.3 is 21.9 Å². The van der Waals surface area contributed by atoms with Crippen LogP contribution in [0.5, 0.6) is 0 Å². The smallest absolute Gasteiger partial charge is 0.326 e. The van der Waals surface area contributed by atoms with Crippen LogP contribution in [0.15, 0.2) is 30.3 Å². The minimum atomic E-state index is -1.07. The van der Waals surface area contributed by atoms with Gasteiger partial charge in [0.2, 0.25) is 5.91 Å². The number of carboxylic acid groups (broad SMARTS) is 1. The number of hydrogen-bond acceptors (Lipinski definition) is 4.